The number of urea groups is 1. The fraction of sp³-hybridized carbons (Fsp3) is 0.565. The van der Waals surface area contributed by atoms with Gasteiger partial charge in [-0.3, -0.25) is 10.1 Å². The third-order valence-electron chi connectivity index (χ3n) is 6.47. The number of imide groups is 1. The van der Waals surface area contributed by atoms with Gasteiger partial charge in [0.05, 0.1) is 18.1 Å². The van der Waals surface area contributed by atoms with E-state index >= 15 is 0 Å². The van der Waals surface area contributed by atoms with Gasteiger partial charge < -0.3 is 9.64 Å². The molecule has 2 aliphatic carbocycles. The maximum absolute atomic E-state index is 14.1. The number of rotatable bonds is 11. The van der Waals surface area contributed by atoms with Gasteiger partial charge in [-0.15, -0.1) is 0 Å². The minimum absolute atomic E-state index is 0.00182. The van der Waals surface area contributed by atoms with E-state index in [2.05, 4.69) is 5.32 Å². The molecule has 7 nitrogen and oxygen atoms in total. The number of ether oxygens (including phenoxy) is 1. The van der Waals surface area contributed by atoms with E-state index in [9.17, 15) is 22.4 Å². The topological polar surface area (TPSA) is 92.8 Å². The minimum Gasteiger partial charge on any atom is -0.490 e. The summed E-state index contributed by atoms with van der Waals surface area (Å²) in [6.45, 7) is 2.40. The lowest BCUT2D eigenvalue weighted by atomic mass is 9.98. The lowest BCUT2D eigenvalue weighted by Crippen LogP contribution is -2.32. The van der Waals surface area contributed by atoms with Gasteiger partial charge in [0.15, 0.2) is 21.4 Å². The third-order valence-corrected chi connectivity index (χ3v) is 8.32. The average molecular weight is 465 g/mol. The van der Waals surface area contributed by atoms with E-state index in [0.29, 0.717) is 18.9 Å². The molecular weight excluding hydrogens is 435 g/mol. The molecule has 0 spiro atoms. The summed E-state index contributed by atoms with van der Waals surface area (Å²) < 4.78 is 45.2. The number of amides is 3. The monoisotopic (exact) mass is 464 g/mol. The van der Waals surface area contributed by atoms with Crippen LogP contribution in [0, 0.1) is 11.7 Å². The Morgan fingerprint density at radius 1 is 1.25 bits per heavy atom. The second kappa shape index (κ2) is 8.84. The van der Waals surface area contributed by atoms with Crippen molar-refractivity contribution >= 4 is 21.8 Å². The Labute approximate surface area is 187 Å². The van der Waals surface area contributed by atoms with Crippen LogP contribution in [0.4, 0.5) is 9.18 Å². The first-order chi connectivity index (χ1) is 15.2. The highest BCUT2D eigenvalue weighted by molar-refractivity contribution is 7.91. The van der Waals surface area contributed by atoms with Crippen LogP contribution in [0.15, 0.2) is 30.4 Å². The zero-order valence-corrected chi connectivity index (χ0v) is 19.0. The van der Waals surface area contributed by atoms with Gasteiger partial charge in [-0.05, 0) is 62.6 Å². The van der Waals surface area contributed by atoms with Crippen molar-refractivity contribution in [2.45, 2.75) is 50.5 Å². The number of benzene rings is 1. The molecule has 0 unspecified atom stereocenters. The van der Waals surface area contributed by atoms with Crippen LogP contribution in [0.2, 0.25) is 0 Å². The van der Waals surface area contributed by atoms with Crippen molar-refractivity contribution in [3.63, 3.8) is 0 Å². The molecule has 3 fully saturated rings. The number of allylic oxidation sites excluding steroid dienone is 1. The van der Waals surface area contributed by atoms with Crippen LogP contribution in [0.3, 0.4) is 0 Å². The first-order valence-corrected chi connectivity index (χ1v) is 12.9. The second-order valence-corrected chi connectivity index (χ2v) is 11.3. The van der Waals surface area contributed by atoms with E-state index in [0.717, 1.165) is 31.2 Å². The molecule has 9 heteroatoms. The third kappa shape index (κ3) is 5.31. The quantitative estimate of drug-likeness (QED) is 0.402. The predicted octanol–water partition coefficient (Wildman–Crippen LogP) is 2.95. The van der Waals surface area contributed by atoms with E-state index in [4.69, 9.17) is 4.74 Å². The van der Waals surface area contributed by atoms with E-state index in [1.165, 1.54) is 11.0 Å². The number of sulfone groups is 1. The number of carbonyl (C=O) groups excluding carboxylic acids is 2. The van der Waals surface area contributed by atoms with Gasteiger partial charge in [0.2, 0.25) is 0 Å². The van der Waals surface area contributed by atoms with E-state index < -0.39 is 33.1 Å². The summed E-state index contributed by atoms with van der Waals surface area (Å²) in [4.78, 5) is 24.5. The smallest absolute Gasteiger partial charge is 0.325 e. The molecule has 32 heavy (non-hydrogen) atoms. The maximum atomic E-state index is 14.1. The largest absolute Gasteiger partial charge is 0.490 e. The molecular formula is C23H29FN2O5S. The van der Waals surface area contributed by atoms with Crippen LogP contribution >= 0.6 is 0 Å². The van der Waals surface area contributed by atoms with Gasteiger partial charge in [0.25, 0.3) is 5.91 Å². The fourth-order valence-corrected chi connectivity index (χ4v) is 5.93. The molecule has 0 bridgehead atoms. The standard InChI is InChI=1S/C23H29FN2O5S/c1-16-21(27)25-22(28)26(16)11-3-2-4-12-32(29,30)15-23(9-10-23)18-7-8-19(24)20(13-18)31-14-17-5-6-17/h2-3,7-8,13,16-17H,4-6,9-12,14-15H2,1H3,(H,25,27,28)/b3-2+/t16-/m0/s1. The van der Waals surface area contributed by atoms with E-state index in [-0.39, 0.29) is 29.7 Å². The van der Waals surface area contributed by atoms with Gasteiger partial charge in [0.1, 0.15) is 6.04 Å². The van der Waals surface area contributed by atoms with Crippen molar-refractivity contribution in [3.8, 4) is 5.75 Å². The number of carbonyl (C=O) groups is 2. The Kier molecular flexibility index (Phi) is 6.29. The Balaban J connectivity index is 1.30. The molecule has 3 aliphatic rings. The first kappa shape index (κ1) is 22.8. The zero-order chi connectivity index (χ0) is 22.9. The van der Waals surface area contributed by atoms with Gasteiger partial charge in [0, 0.05) is 12.0 Å². The summed E-state index contributed by atoms with van der Waals surface area (Å²) >= 11 is 0. The number of halogens is 1. The Morgan fingerprint density at radius 3 is 2.62 bits per heavy atom. The van der Waals surface area contributed by atoms with Crippen molar-refractivity contribution in [1.82, 2.24) is 10.2 Å². The highest BCUT2D eigenvalue weighted by atomic mass is 32.2. The molecule has 0 radical (unpaired) electrons. The predicted molar refractivity (Wildman–Crippen MR) is 118 cm³/mol. The molecule has 3 amide bonds. The van der Waals surface area contributed by atoms with Crippen molar-refractivity contribution < 1.29 is 27.1 Å². The molecule has 174 valence electrons. The van der Waals surface area contributed by atoms with Crippen LogP contribution in [0.25, 0.3) is 0 Å². The Bertz CT molecular complexity index is 1030. The fourth-order valence-electron chi connectivity index (χ4n) is 3.99. The molecule has 1 heterocycles. The summed E-state index contributed by atoms with van der Waals surface area (Å²) in [5.41, 5.74) is 0.361. The number of nitrogens with zero attached hydrogens (tertiary/aromatic N) is 1. The minimum atomic E-state index is -3.33. The molecule has 1 aliphatic heterocycles. The van der Waals surface area contributed by atoms with Crippen molar-refractivity contribution in [3.05, 3.63) is 41.7 Å². The van der Waals surface area contributed by atoms with Crippen LogP contribution in [0.1, 0.15) is 44.6 Å². The van der Waals surface area contributed by atoms with E-state index in [1.807, 2.05) is 0 Å². The SMILES string of the molecule is C[C@H]1C(=O)NC(=O)N1C/C=C/CCS(=O)(=O)CC1(c2ccc(F)c(OCC3CC3)c2)CC1. The summed E-state index contributed by atoms with van der Waals surface area (Å²) in [7, 11) is -3.33. The highest BCUT2D eigenvalue weighted by Crippen LogP contribution is 2.50. The number of nitrogens with one attached hydrogen (secondary N) is 1. The number of hydrogen-bond donors (Lipinski definition) is 1. The van der Waals surface area contributed by atoms with Gasteiger partial charge >= 0.3 is 6.03 Å². The highest BCUT2D eigenvalue weighted by Gasteiger charge is 2.47. The normalized spacial score (nSPS) is 22.4. The van der Waals surface area contributed by atoms with Gasteiger partial charge in [-0.25, -0.2) is 17.6 Å². The van der Waals surface area contributed by atoms with Crippen molar-refractivity contribution in [2.24, 2.45) is 5.92 Å². The molecule has 0 aromatic heterocycles. The first-order valence-electron chi connectivity index (χ1n) is 11.1. The molecule has 1 aromatic rings. The summed E-state index contributed by atoms with van der Waals surface area (Å²) in [6, 6.07) is 3.75. The Morgan fingerprint density at radius 2 is 2.00 bits per heavy atom. The second-order valence-electron chi connectivity index (χ2n) is 9.15. The van der Waals surface area contributed by atoms with Crippen LogP contribution in [0.5, 0.6) is 5.75 Å². The summed E-state index contributed by atoms with van der Waals surface area (Å²) in [5, 5.41) is 2.24. The number of hydrogen-bond acceptors (Lipinski definition) is 5. The zero-order valence-electron chi connectivity index (χ0n) is 18.2. The summed E-state index contributed by atoms with van der Waals surface area (Å²) in [6.07, 6.45) is 7.50. The summed E-state index contributed by atoms with van der Waals surface area (Å²) in [5.74, 6) is -0.00663. The average Bonchev–Trinajstić information content (AvgIpc) is 3.65. The lowest BCUT2D eigenvalue weighted by Gasteiger charge is -2.18. The van der Waals surface area contributed by atoms with Gasteiger partial charge in [-0.1, -0.05) is 18.2 Å². The lowest BCUT2D eigenvalue weighted by molar-refractivity contribution is -0.120. The molecule has 1 saturated heterocycles. The van der Waals surface area contributed by atoms with Crippen LogP contribution in [-0.4, -0.2) is 56.0 Å². The van der Waals surface area contributed by atoms with Crippen LogP contribution < -0.4 is 10.1 Å². The van der Waals surface area contributed by atoms with Crippen molar-refractivity contribution in [2.75, 3.05) is 24.7 Å². The molecule has 2 saturated carbocycles. The van der Waals surface area contributed by atoms with Crippen LogP contribution in [-0.2, 0) is 20.0 Å². The van der Waals surface area contributed by atoms with Crippen molar-refractivity contribution in [1.29, 1.82) is 0 Å². The Hall–Kier alpha value is -2.42. The molecule has 4 rings (SSSR count). The van der Waals surface area contributed by atoms with E-state index in [1.54, 1.807) is 31.2 Å². The molecule has 1 atom stereocenters. The maximum Gasteiger partial charge on any atom is 0.325 e. The molecule has 1 N–H and O–H groups in total. The van der Waals surface area contributed by atoms with Gasteiger partial charge in [-0.2, -0.15) is 0 Å². The molecule has 1 aromatic carbocycles.